The van der Waals surface area contributed by atoms with Gasteiger partial charge in [0.05, 0.1) is 17.2 Å². The molecule has 0 bridgehead atoms. The fraction of sp³-hybridized carbons (Fsp3) is 0.400. The molecule has 1 saturated heterocycles. The molecular formula is C45H52N6O7. The summed E-state index contributed by atoms with van der Waals surface area (Å²) in [4.78, 5) is 82.3. The molecule has 3 heterocycles. The van der Waals surface area contributed by atoms with E-state index in [0.29, 0.717) is 53.8 Å². The standard InChI is InChI=1S/C45H52N6O7/c1-5-14-35(52)49-38(31-26-32(45(2,3)4)29-18-13-24-47-39(29)40(31)54)27-15-11-16-28(25-27)41(55)48-23-10-8-6-7-9-22-46-33-19-12-17-30-37(33)44(58)51(43(30)57)34-20-21-36(53)50-42(34)56/h11-13,15-19,24-26,34,38,46,54H,5-10,14,20-23H2,1-4H3,(H,48,55)(H,49,52)(H,50,53,56). The van der Waals surface area contributed by atoms with Gasteiger partial charge in [-0.25, -0.2) is 0 Å². The van der Waals surface area contributed by atoms with Crippen LogP contribution in [-0.2, 0) is 19.8 Å². The molecule has 0 spiro atoms. The maximum atomic E-state index is 13.3. The van der Waals surface area contributed by atoms with Crippen molar-refractivity contribution < 1.29 is 33.9 Å². The van der Waals surface area contributed by atoms with Crippen molar-refractivity contribution in [1.29, 1.82) is 0 Å². The Morgan fingerprint density at radius 2 is 1.67 bits per heavy atom. The summed E-state index contributed by atoms with van der Waals surface area (Å²) < 4.78 is 0. The predicted molar refractivity (Wildman–Crippen MR) is 220 cm³/mol. The number of anilines is 1. The zero-order chi connectivity index (χ0) is 41.6. The van der Waals surface area contributed by atoms with Crippen molar-refractivity contribution in [1.82, 2.24) is 25.8 Å². The van der Waals surface area contributed by atoms with Gasteiger partial charge in [-0.2, -0.15) is 0 Å². The molecule has 3 aromatic carbocycles. The van der Waals surface area contributed by atoms with E-state index in [-0.39, 0.29) is 46.9 Å². The number of phenolic OH excluding ortho intramolecular Hbond substituents is 1. The van der Waals surface area contributed by atoms with Crippen LogP contribution in [0.3, 0.4) is 0 Å². The minimum Gasteiger partial charge on any atom is -0.505 e. The average molecular weight is 789 g/mol. The molecule has 2 atom stereocenters. The predicted octanol–water partition coefficient (Wildman–Crippen LogP) is 6.44. The van der Waals surface area contributed by atoms with Crippen molar-refractivity contribution in [3.8, 4) is 5.75 Å². The molecule has 0 aliphatic carbocycles. The van der Waals surface area contributed by atoms with Crippen molar-refractivity contribution in [2.24, 2.45) is 0 Å². The molecule has 2 aliphatic rings. The first-order valence-corrected chi connectivity index (χ1v) is 20.2. The number of piperidine rings is 1. The van der Waals surface area contributed by atoms with E-state index in [1.54, 1.807) is 42.6 Å². The third-order valence-electron chi connectivity index (χ3n) is 10.7. The van der Waals surface area contributed by atoms with Gasteiger partial charge in [0.25, 0.3) is 17.7 Å². The van der Waals surface area contributed by atoms with E-state index in [4.69, 9.17) is 0 Å². The Balaban J connectivity index is 1.01. The Morgan fingerprint density at radius 3 is 2.41 bits per heavy atom. The summed E-state index contributed by atoms with van der Waals surface area (Å²) >= 11 is 0. The molecule has 58 heavy (non-hydrogen) atoms. The zero-order valence-corrected chi connectivity index (χ0v) is 33.6. The van der Waals surface area contributed by atoms with Crippen LogP contribution in [0, 0.1) is 0 Å². The number of rotatable bonds is 16. The lowest BCUT2D eigenvalue weighted by Crippen LogP contribution is -2.54. The molecule has 13 nitrogen and oxygen atoms in total. The number of carbonyl (C=O) groups is 6. The van der Waals surface area contributed by atoms with Crippen LogP contribution < -0.4 is 21.3 Å². The number of benzene rings is 3. The van der Waals surface area contributed by atoms with Gasteiger partial charge in [-0.15, -0.1) is 0 Å². The number of unbranched alkanes of at least 4 members (excludes halogenated alkanes) is 4. The number of nitrogens with one attached hydrogen (secondary N) is 4. The highest BCUT2D eigenvalue weighted by Gasteiger charge is 2.45. The van der Waals surface area contributed by atoms with E-state index >= 15 is 0 Å². The maximum Gasteiger partial charge on any atom is 0.264 e. The second kappa shape index (κ2) is 18.0. The molecule has 4 aromatic rings. The van der Waals surface area contributed by atoms with E-state index in [2.05, 4.69) is 47.0 Å². The summed E-state index contributed by atoms with van der Waals surface area (Å²) in [6.07, 6.45) is 7.11. The first-order chi connectivity index (χ1) is 27.8. The lowest BCUT2D eigenvalue weighted by Gasteiger charge is -2.27. The van der Waals surface area contributed by atoms with E-state index in [1.165, 1.54) is 0 Å². The molecule has 2 aliphatic heterocycles. The summed E-state index contributed by atoms with van der Waals surface area (Å²) in [7, 11) is 0. The molecule has 2 unspecified atom stereocenters. The number of aromatic hydroxyl groups is 1. The number of pyridine rings is 1. The van der Waals surface area contributed by atoms with Gasteiger partial charge < -0.3 is 21.1 Å². The molecule has 5 N–H and O–H groups in total. The number of hydrogen-bond donors (Lipinski definition) is 5. The van der Waals surface area contributed by atoms with Crippen LogP contribution in [-0.4, -0.2) is 69.6 Å². The van der Waals surface area contributed by atoms with Crippen LogP contribution in [0.25, 0.3) is 10.9 Å². The molecule has 6 amide bonds. The van der Waals surface area contributed by atoms with Crippen LogP contribution in [0.4, 0.5) is 5.69 Å². The summed E-state index contributed by atoms with van der Waals surface area (Å²) in [5, 5.41) is 24.0. The Hall–Kier alpha value is -6.11. The Morgan fingerprint density at radius 1 is 0.931 bits per heavy atom. The zero-order valence-electron chi connectivity index (χ0n) is 33.6. The summed E-state index contributed by atoms with van der Waals surface area (Å²) in [6, 6.07) is 16.1. The van der Waals surface area contributed by atoms with Gasteiger partial charge in [0.1, 0.15) is 17.3 Å². The van der Waals surface area contributed by atoms with Gasteiger partial charge in [0.2, 0.25) is 17.7 Å². The first kappa shape index (κ1) is 41.5. The van der Waals surface area contributed by atoms with Crippen LogP contribution >= 0.6 is 0 Å². The summed E-state index contributed by atoms with van der Waals surface area (Å²) in [6.45, 7) is 9.27. The number of nitrogens with zero attached hydrogens (tertiary/aromatic N) is 2. The molecule has 13 heteroatoms. The topological polar surface area (TPSA) is 187 Å². The van der Waals surface area contributed by atoms with Crippen molar-refractivity contribution in [2.45, 2.75) is 103 Å². The summed E-state index contributed by atoms with van der Waals surface area (Å²) in [5.74, 6) is -2.54. The number of imide groups is 2. The number of amides is 6. The number of fused-ring (bicyclic) bond motifs is 2. The van der Waals surface area contributed by atoms with E-state index in [1.807, 2.05) is 31.2 Å². The Labute approximate surface area is 338 Å². The normalized spacial score (nSPS) is 15.9. The lowest BCUT2D eigenvalue weighted by atomic mass is 9.81. The largest absolute Gasteiger partial charge is 0.505 e. The molecule has 0 radical (unpaired) electrons. The molecule has 304 valence electrons. The maximum absolute atomic E-state index is 13.3. The molecular weight excluding hydrogens is 737 g/mol. The first-order valence-electron chi connectivity index (χ1n) is 20.2. The monoisotopic (exact) mass is 788 g/mol. The van der Waals surface area contributed by atoms with Crippen LogP contribution in [0.2, 0.25) is 0 Å². The average Bonchev–Trinajstić information content (AvgIpc) is 3.45. The Bertz CT molecular complexity index is 2250. The number of aromatic nitrogens is 1. The van der Waals surface area contributed by atoms with Crippen LogP contribution in [0.5, 0.6) is 5.75 Å². The number of hydrogen-bond acceptors (Lipinski definition) is 9. The third kappa shape index (κ3) is 9.03. The Kier molecular flexibility index (Phi) is 12.9. The van der Waals surface area contributed by atoms with E-state index < -0.39 is 35.7 Å². The van der Waals surface area contributed by atoms with E-state index in [9.17, 15) is 33.9 Å². The van der Waals surface area contributed by atoms with Crippen molar-refractivity contribution >= 4 is 52.0 Å². The van der Waals surface area contributed by atoms with Gasteiger partial charge in [-0.1, -0.05) is 71.2 Å². The van der Waals surface area contributed by atoms with E-state index in [0.717, 1.165) is 48.0 Å². The highest BCUT2D eigenvalue weighted by molar-refractivity contribution is 6.25. The summed E-state index contributed by atoms with van der Waals surface area (Å²) in [5.41, 5.74) is 3.81. The van der Waals surface area contributed by atoms with Gasteiger partial charge in [-0.05, 0) is 78.6 Å². The number of phenols is 1. The SMILES string of the molecule is CCCC(=O)NC(c1cccc(C(=O)NCCCCCCCNc2cccc3c2C(=O)N(C2CCC(=O)NC2=O)C3=O)c1)c1cc(C(C)(C)C)c2cccnc2c1O. The molecule has 0 saturated carbocycles. The smallest absolute Gasteiger partial charge is 0.264 e. The fourth-order valence-corrected chi connectivity index (χ4v) is 7.72. The van der Waals surface area contributed by atoms with Gasteiger partial charge in [0.15, 0.2) is 0 Å². The minimum atomic E-state index is -1.01. The fourth-order valence-electron chi connectivity index (χ4n) is 7.72. The molecule has 1 fully saturated rings. The van der Waals surface area contributed by atoms with Crippen LogP contribution in [0.1, 0.15) is 139 Å². The van der Waals surface area contributed by atoms with Crippen molar-refractivity contribution in [2.75, 3.05) is 18.4 Å². The van der Waals surface area contributed by atoms with Gasteiger partial charge in [-0.3, -0.25) is 44.0 Å². The number of carbonyl (C=O) groups excluding carboxylic acids is 6. The highest BCUT2D eigenvalue weighted by atomic mass is 16.3. The minimum absolute atomic E-state index is 0.00966. The van der Waals surface area contributed by atoms with Crippen molar-refractivity contribution in [3.63, 3.8) is 0 Å². The van der Waals surface area contributed by atoms with Crippen molar-refractivity contribution in [3.05, 3.63) is 100 Å². The third-order valence-corrected chi connectivity index (χ3v) is 10.7. The second-order valence-corrected chi connectivity index (χ2v) is 16.0. The molecule has 1 aromatic heterocycles. The van der Waals surface area contributed by atoms with Crippen LogP contribution in [0.15, 0.2) is 66.9 Å². The second-order valence-electron chi connectivity index (χ2n) is 16.0. The quantitative estimate of drug-likeness (QED) is 0.0630. The van der Waals surface area contributed by atoms with Gasteiger partial charge >= 0.3 is 0 Å². The van der Waals surface area contributed by atoms with Gasteiger partial charge in [0, 0.05) is 54.3 Å². The lowest BCUT2D eigenvalue weighted by molar-refractivity contribution is -0.136. The highest BCUT2D eigenvalue weighted by Crippen LogP contribution is 2.41. The molecule has 6 rings (SSSR count).